The van der Waals surface area contributed by atoms with Gasteiger partial charge in [-0.25, -0.2) is 4.79 Å². The molecule has 0 bridgehead atoms. The lowest BCUT2D eigenvalue weighted by molar-refractivity contribution is 0.246. The first-order valence-corrected chi connectivity index (χ1v) is 8.79. The number of carbonyl (C=O) groups is 1. The minimum Gasteiger partial charge on any atom is -0.338 e. The summed E-state index contributed by atoms with van der Waals surface area (Å²) in [6.07, 6.45) is 4.40. The second kappa shape index (κ2) is 7.66. The Morgan fingerprint density at radius 2 is 2.12 bits per heavy atom. The first-order valence-electron chi connectivity index (χ1n) is 8.41. The predicted octanol–water partition coefficient (Wildman–Crippen LogP) is 3.39. The highest BCUT2D eigenvalue weighted by atomic mass is 35.5. The Balaban J connectivity index is 1.91. The molecule has 2 aromatic rings. The molecule has 6 nitrogen and oxygen atoms in total. The van der Waals surface area contributed by atoms with Gasteiger partial charge in [0.25, 0.3) is 0 Å². The highest BCUT2D eigenvalue weighted by Gasteiger charge is 2.22. The Morgan fingerprint density at radius 3 is 2.92 bits per heavy atom. The van der Waals surface area contributed by atoms with Gasteiger partial charge in [-0.2, -0.15) is 0 Å². The third-order valence-electron chi connectivity index (χ3n) is 4.20. The number of aryl methyl sites for hydroxylation is 1. The lowest BCUT2D eigenvalue weighted by Crippen LogP contribution is -2.40. The van der Waals surface area contributed by atoms with Gasteiger partial charge in [-0.15, -0.1) is 10.2 Å². The molecule has 0 atom stereocenters. The molecule has 24 heavy (non-hydrogen) atoms. The molecule has 0 saturated heterocycles. The van der Waals surface area contributed by atoms with Gasteiger partial charge >= 0.3 is 6.03 Å². The van der Waals surface area contributed by atoms with Gasteiger partial charge in [0.2, 0.25) is 0 Å². The number of amides is 2. The molecule has 128 valence electrons. The molecule has 1 aromatic carbocycles. The van der Waals surface area contributed by atoms with Crippen LogP contribution in [0.3, 0.4) is 0 Å². The molecule has 0 aliphatic carbocycles. The minimum absolute atomic E-state index is 0.184. The number of anilines is 1. The summed E-state index contributed by atoms with van der Waals surface area (Å²) in [5, 5.41) is 12.0. The summed E-state index contributed by atoms with van der Waals surface area (Å²) in [4.78, 5) is 14.2. The number of halogens is 1. The van der Waals surface area contributed by atoms with Crippen LogP contribution in [-0.4, -0.2) is 27.3 Å². The van der Waals surface area contributed by atoms with Gasteiger partial charge in [-0.05, 0) is 31.9 Å². The van der Waals surface area contributed by atoms with E-state index in [1.165, 1.54) is 6.42 Å². The van der Waals surface area contributed by atoms with Crippen molar-refractivity contribution in [1.29, 1.82) is 0 Å². The maximum absolute atomic E-state index is 12.6. The van der Waals surface area contributed by atoms with Crippen molar-refractivity contribution in [3.63, 3.8) is 0 Å². The highest BCUT2D eigenvalue weighted by Crippen LogP contribution is 2.27. The molecule has 1 aromatic heterocycles. The van der Waals surface area contributed by atoms with Gasteiger partial charge in [0.05, 0.1) is 17.3 Å². The highest BCUT2D eigenvalue weighted by molar-refractivity contribution is 6.33. The maximum atomic E-state index is 12.6. The van der Waals surface area contributed by atoms with Crippen LogP contribution >= 0.6 is 11.6 Å². The van der Waals surface area contributed by atoms with E-state index >= 15 is 0 Å². The number of para-hydroxylation sites is 1. The molecule has 1 aliphatic heterocycles. The molecule has 1 aliphatic rings. The third kappa shape index (κ3) is 3.53. The normalized spacial score (nSPS) is 13.9. The summed E-state index contributed by atoms with van der Waals surface area (Å²) in [6, 6.07) is 7.17. The van der Waals surface area contributed by atoms with Crippen LogP contribution in [0, 0.1) is 0 Å². The van der Waals surface area contributed by atoms with Crippen molar-refractivity contribution in [3.05, 3.63) is 40.9 Å². The number of nitrogens with zero attached hydrogens (tertiary/aromatic N) is 4. The standard InChI is InChI=1S/C17H22ClN5O/c1-2-19-17(24)23(14-9-6-5-8-13(14)18)12-16-21-20-15-10-4-3-7-11-22(15)16/h5-6,8-9H,2-4,7,10-12H2,1H3,(H,19,24). The zero-order chi connectivity index (χ0) is 16.9. The van der Waals surface area contributed by atoms with Gasteiger partial charge in [0.15, 0.2) is 5.82 Å². The van der Waals surface area contributed by atoms with Crippen LogP contribution in [0.25, 0.3) is 0 Å². The van der Waals surface area contributed by atoms with Crippen LogP contribution in [0.5, 0.6) is 0 Å². The molecular formula is C17H22ClN5O. The third-order valence-corrected chi connectivity index (χ3v) is 4.52. The van der Waals surface area contributed by atoms with Crippen LogP contribution in [0.1, 0.15) is 37.8 Å². The number of hydrogen-bond acceptors (Lipinski definition) is 3. The number of fused-ring (bicyclic) bond motifs is 1. The SMILES string of the molecule is CCNC(=O)N(Cc1nnc2n1CCCCC2)c1ccccc1Cl. The fourth-order valence-electron chi connectivity index (χ4n) is 2.99. The summed E-state index contributed by atoms with van der Waals surface area (Å²) in [7, 11) is 0. The summed E-state index contributed by atoms with van der Waals surface area (Å²) in [5.74, 6) is 1.82. The van der Waals surface area contributed by atoms with Crippen molar-refractivity contribution in [1.82, 2.24) is 20.1 Å². The monoisotopic (exact) mass is 347 g/mol. The Labute approximate surface area is 146 Å². The van der Waals surface area contributed by atoms with E-state index in [0.717, 1.165) is 37.5 Å². The van der Waals surface area contributed by atoms with E-state index in [0.29, 0.717) is 23.8 Å². The lowest BCUT2D eigenvalue weighted by atomic mass is 10.2. The predicted molar refractivity (Wildman–Crippen MR) is 94.3 cm³/mol. The van der Waals surface area contributed by atoms with E-state index in [-0.39, 0.29) is 6.03 Å². The first-order chi connectivity index (χ1) is 11.7. The fourth-order valence-corrected chi connectivity index (χ4v) is 3.23. The van der Waals surface area contributed by atoms with Crippen LogP contribution in [0.2, 0.25) is 5.02 Å². The molecule has 0 radical (unpaired) electrons. The fraction of sp³-hybridized carbons (Fsp3) is 0.471. The second-order valence-electron chi connectivity index (χ2n) is 5.87. The smallest absolute Gasteiger partial charge is 0.322 e. The van der Waals surface area contributed by atoms with Crippen molar-refractivity contribution in [2.45, 2.75) is 45.7 Å². The Bertz CT molecular complexity index is 715. The molecule has 3 rings (SSSR count). The number of hydrogen-bond donors (Lipinski definition) is 1. The molecule has 2 heterocycles. The topological polar surface area (TPSA) is 63.1 Å². The zero-order valence-corrected chi connectivity index (χ0v) is 14.6. The van der Waals surface area contributed by atoms with Gasteiger partial charge in [0.1, 0.15) is 5.82 Å². The second-order valence-corrected chi connectivity index (χ2v) is 6.27. The summed E-state index contributed by atoms with van der Waals surface area (Å²) >= 11 is 6.31. The number of urea groups is 1. The average molecular weight is 348 g/mol. The number of carbonyl (C=O) groups excluding carboxylic acids is 1. The molecule has 1 N–H and O–H groups in total. The Morgan fingerprint density at radius 1 is 1.29 bits per heavy atom. The molecule has 0 spiro atoms. The van der Waals surface area contributed by atoms with Crippen molar-refractivity contribution < 1.29 is 4.79 Å². The molecule has 0 fully saturated rings. The number of aromatic nitrogens is 3. The zero-order valence-electron chi connectivity index (χ0n) is 13.8. The van der Waals surface area contributed by atoms with Gasteiger partial charge in [-0.1, -0.05) is 30.2 Å². The molecule has 7 heteroatoms. The minimum atomic E-state index is -0.184. The Hall–Kier alpha value is -2.08. The lowest BCUT2D eigenvalue weighted by Gasteiger charge is -2.23. The summed E-state index contributed by atoms with van der Waals surface area (Å²) in [5.41, 5.74) is 0.677. The van der Waals surface area contributed by atoms with Gasteiger partial charge < -0.3 is 9.88 Å². The van der Waals surface area contributed by atoms with Crippen LogP contribution in [0.4, 0.5) is 10.5 Å². The van der Waals surface area contributed by atoms with Crippen molar-refractivity contribution in [2.24, 2.45) is 0 Å². The quantitative estimate of drug-likeness (QED) is 0.922. The number of rotatable bonds is 4. The van der Waals surface area contributed by atoms with E-state index in [2.05, 4.69) is 20.1 Å². The average Bonchev–Trinajstić information content (AvgIpc) is 2.80. The first kappa shape index (κ1) is 16.8. The molecule has 0 saturated carbocycles. The van der Waals surface area contributed by atoms with Crippen LogP contribution < -0.4 is 10.2 Å². The molecular weight excluding hydrogens is 326 g/mol. The largest absolute Gasteiger partial charge is 0.338 e. The maximum Gasteiger partial charge on any atom is 0.322 e. The van der Waals surface area contributed by atoms with E-state index in [9.17, 15) is 4.79 Å². The Kier molecular flexibility index (Phi) is 5.35. The van der Waals surface area contributed by atoms with Gasteiger partial charge in [0, 0.05) is 19.5 Å². The summed E-state index contributed by atoms with van der Waals surface area (Å²) in [6.45, 7) is 3.70. The molecule has 2 amide bonds. The van der Waals surface area contributed by atoms with Crippen molar-refractivity contribution in [3.8, 4) is 0 Å². The van der Waals surface area contributed by atoms with E-state index in [1.807, 2.05) is 25.1 Å². The van der Waals surface area contributed by atoms with Crippen molar-refractivity contribution in [2.75, 3.05) is 11.4 Å². The van der Waals surface area contributed by atoms with E-state index < -0.39 is 0 Å². The van der Waals surface area contributed by atoms with E-state index in [1.54, 1.807) is 11.0 Å². The number of nitrogens with one attached hydrogen (secondary N) is 1. The van der Waals surface area contributed by atoms with Gasteiger partial charge in [-0.3, -0.25) is 4.90 Å². The van der Waals surface area contributed by atoms with Crippen molar-refractivity contribution >= 4 is 23.3 Å². The van der Waals surface area contributed by atoms with Crippen LogP contribution in [0.15, 0.2) is 24.3 Å². The van der Waals surface area contributed by atoms with Crippen LogP contribution in [-0.2, 0) is 19.5 Å². The molecule has 0 unspecified atom stereocenters. The number of benzene rings is 1. The summed E-state index contributed by atoms with van der Waals surface area (Å²) < 4.78 is 2.15. The van der Waals surface area contributed by atoms with E-state index in [4.69, 9.17) is 11.6 Å².